The average Bonchev–Trinajstić information content (AvgIpc) is 1.41. The second-order valence-corrected chi connectivity index (χ2v) is 0.253. The van der Waals surface area contributed by atoms with Gasteiger partial charge in [-0.3, -0.25) is 0 Å². The summed E-state index contributed by atoms with van der Waals surface area (Å²) in [5, 5.41) is 14.3. The number of nitrogens with zero attached hydrogens (tertiary/aromatic N) is 3. The van der Waals surface area contributed by atoms with E-state index in [1.807, 2.05) is 0 Å². The molecular weight excluding hydrogens is 74.0 g/mol. The van der Waals surface area contributed by atoms with Crippen LogP contribution in [0.2, 0.25) is 0 Å². The fourth-order valence-corrected chi connectivity index (χ4v) is 0.0149. The maximum Gasteiger partial charge on any atom is 0.103 e. The lowest BCUT2D eigenvalue weighted by Gasteiger charge is -1.45. The van der Waals surface area contributed by atoms with E-state index in [0.717, 1.165) is 0 Å². The first-order chi connectivity index (χ1) is 2.41. The predicted molar refractivity (Wildman–Crippen MR) is 11.3 cm³/mol. The van der Waals surface area contributed by atoms with E-state index >= 15 is 0 Å². The quantitative estimate of drug-likeness (QED) is 0.253. The molecule has 5 heavy (non-hydrogen) atoms. The van der Waals surface area contributed by atoms with Crippen LogP contribution in [0.25, 0.3) is 0 Å². The first-order valence-electron chi connectivity index (χ1n) is 0.765. The molecule has 0 aliphatic carbocycles. The van der Waals surface area contributed by atoms with E-state index in [4.69, 9.17) is 10.1 Å². The minimum atomic E-state index is 1.75. The molecule has 27 valence electrons. The molecule has 1 radical (unpaired) electrons. The van der Waals surface area contributed by atoms with Crippen molar-refractivity contribution in [3.8, 4) is 0 Å². The van der Waals surface area contributed by atoms with Gasteiger partial charge in [-0.15, -0.1) is 10.1 Å². The van der Waals surface area contributed by atoms with Crippen LogP contribution in [0, 0.1) is 4.91 Å². The molecule has 0 saturated heterocycles. The highest BCUT2D eigenvalue weighted by Crippen LogP contribution is 1.63. The van der Waals surface area contributed by atoms with E-state index < -0.39 is 0 Å². The van der Waals surface area contributed by atoms with Crippen LogP contribution in [-0.2, 0) is 5.21 Å². The molecule has 0 amide bonds. The Morgan fingerprint density at radius 2 is 2.00 bits per heavy atom. The molecule has 0 heterocycles. The highest BCUT2D eigenvalue weighted by Gasteiger charge is 1.53. The lowest BCUT2D eigenvalue weighted by molar-refractivity contribution is 0.179. The molecule has 0 rings (SSSR count). The Balaban J connectivity index is 2.92. The van der Waals surface area contributed by atoms with E-state index in [0.29, 0.717) is 0 Å². The first-order valence-corrected chi connectivity index (χ1v) is 0.765. The van der Waals surface area contributed by atoms with Gasteiger partial charge in [0.1, 0.15) is 10.6 Å². The molecule has 0 bridgehead atoms. The van der Waals surface area contributed by atoms with Gasteiger partial charge in [-0.1, -0.05) is 0 Å². The van der Waals surface area contributed by atoms with Gasteiger partial charge in [0.05, 0.1) is 0 Å². The van der Waals surface area contributed by atoms with Gasteiger partial charge in [0.2, 0.25) is 0 Å². The van der Waals surface area contributed by atoms with Crippen LogP contribution < -0.4 is 0 Å². The summed E-state index contributed by atoms with van der Waals surface area (Å²) in [6.07, 6.45) is 0. The minimum absolute atomic E-state index is 1.75. The fourth-order valence-electron chi connectivity index (χ4n) is 0.0149. The van der Waals surface area contributed by atoms with E-state index in [1.165, 1.54) is 0 Å². The zero-order valence-electron chi connectivity index (χ0n) is 2.16. The molecule has 0 aromatic carbocycles. The van der Waals surface area contributed by atoms with Crippen LogP contribution in [0.15, 0.2) is 15.8 Å². The van der Waals surface area contributed by atoms with Crippen molar-refractivity contribution >= 4 is 0 Å². The molecule has 0 aliphatic rings. The molecule has 0 aromatic rings. The van der Waals surface area contributed by atoms with Gasteiger partial charge in [-0.05, 0) is 0 Å². The van der Waals surface area contributed by atoms with Gasteiger partial charge in [0.25, 0.3) is 0 Å². The Morgan fingerprint density at radius 3 is 2.00 bits per heavy atom. The first kappa shape index (κ1) is 4.00. The minimum Gasteiger partial charge on any atom is -0.121 e. The van der Waals surface area contributed by atoms with E-state index in [9.17, 15) is 0 Å². The molecule has 0 saturated carbocycles. The number of rotatable bonds is 1. The molecule has 0 unspecified atom stereocenters. The summed E-state index contributed by atoms with van der Waals surface area (Å²) in [4.78, 5) is 8.69. The molecule has 0 spiro atoms. The van der Waals surface area contributed by atoms with Crippen LogP contribution >= 0.6 is 0 Å². The van der Waals surface area contributed by atoms with Crippen molar-refractivity contribution in [2.24, 2.45) is 15.8 Å². The van der Waals surface area contributed by atoms with Crippen LogP contribution in [0.4, 0.5) is 0 Å². The van der Waals surface area contributed by atoms with Crippen molar-refractivity contribution < 1.29 is 5.21 Å². The van der Waals surface area contributed by atoms with E-state index in [2.05, 4.69) is 5.22 Å². The number of hydrogen-bond acceptors (Lipinski definition) is 2. The lowest BCUT2D eigenvalue weighted by Crippen LogP contribution is -1.35. The normalized spacial score (nSPS) is 8.80. The highest BCUT2D eigenvalue weighted by molar-refractivity contribution is 4.02. The number of nitroso groups, excluding NO2 is 1. The van der Waals surface area contributed by atoms with Crippen LogP contribution in [-0.4, -0.2) is 0 Å². The molecular formula is N3O2. The van der Waals surface area contributed by atoms with Gasteiger partial charge in [-0.25, -0.2) is 0 Å². The summed E-state index contributed by atoms with van der Waals surface area (Å²) in [7, 11) is 0. The van der Waals surface area contributed by atoms with Crippen molar-refractivity contribution in [2.45, 2.75) is 0 Å². The second-order valence-electron chi connectivity index (χ2n) is 0.253. The molecule has 0 atom stereocenters. The van der Waals surface area contributed by atoms with Crippen molar-refractivity contribution in [1.82, 2.24) is 0 Å². The van der Waals surface area contributed by atoms with Crippen LogP contribution in [0.5, 0.6) is 0 Å². The van der Waals surface area contributed by atoms with Crippen LogP contribution in [0.1, 0.15) is 0 Å². The van der Waals surface area contributed by atoms with E-state index in [1.54, 1.807) is 10.6 Å². The van der Waals surface area contributed by atoms with Crippen molar-refractivity contribution in [3.05, 3.63) is 4.91 Å². The third-order valence-electron chi connectivity index (χ3n) is 0.0730. The summed E-state index contributed by atoms with van der Waals surface area (Å²) >= 11 is 0. The highest BCUT2D eigenvalue weighted by atomic mass is 16.5. The Labute approximate surface area is 27.2 Å². The van der Waals surface area contributed by atoms with Crippen molar-refractivity contribution in [2.75, 3.05) is 0 Å². The molecule has 5 nitrogen and oxygen atoms in total. The monoisotopic (exact) mass is 74.0 g/mol. The summed E-state index contributed by atoms with van der Waals surface area (Å²) in [5.41, 5.74) is 0. The molecule has 0 fully saturated rings. The standard InChI is InChI=1S/N3O2/c4-2-1-3-5. The zero-order chi connectivity index (χ0) is 4.12. The molecule has 0 N–H and O–H groups in total. The van der Waals surface area contributed by atoms with Gasteiger partial charge in [0.15, 0.2) is 0 Å². The molecule has 5 heteroatoms. The largest absolute Gasteiger partial charge is 0.121 e. The van der Waals surface area contributed by atoms with Gasteiger partial charge >= 0.3 is 0 Å². The maximum absolute atomic E-state index is 8.69. The smallest absolute Gasteiger partial charge is 0.103 e. The molecule has 0 aromatic heterocycles. The lowest BCUT2D eigenvalue weighted by atomic mass is 12.7. The Morgan fingerprint density at radius 1 is 1.40 bits per heavy atom. The third-order valence-corrected chi connectivity index (χ3v) is 0.0730. The maximum atomic E-state index is 8.69. The summed E-state index contributed by atoms with van der Waals surface area (Å²) < 4.78 is 0. The third kappa shape index (κ3) is 3.00. The van der Waals surface area contributed by atoms with Gasteiger partial charge in [0, 0.05) is 5.22 Å². The topological polar surface area (TPSA) is 74.0 Å². The Kier molecular flexibility index (Phi) is 2.40. The van der Waals surface area contributed by atoms with Gasteiger partial charge in [-0.2, -0.15) is 0 Å². The Bertz CT molecular complexity index is 46.9. The van der Waals surface area contributed by atoms with Gasteiger partial charge < -0.3 is 0 Å². The summed E-state index contributed by atoms with van der Waals surface area (Å²) in [6.45, 7) is 0. The summed E-state index contributed by atoms with van der Waals surface area (Å²) in [6, 6.07) is 0. The Hall–Kier alpha value is -1.00. The second kappa shape index (κ2) is 3.00. The van der Waals surface area contributed by atoms with E-state index in [-0.39, 0.29) is 0 Å². The van der Waals surface area contributed by atoms with Crippen molar-refractivity contribution in [3.63, 3.8) is 0 Å². The predicted octanol–water partition coefficient (Wildman–Crippen LogP) is 0.466. The average molecular weight is 74.0 g/mol. The zero-order valence-corrected chi connectivity index (χ0v) is 2.16. The number of hydrogen-bond donors (Lipinski definition) is 0. The SMILES string of the molecule is [O]N=NN=O. The molecule has 0 aliphatic heterocycles. The fraction of sp³-hybridized carbons (Fsp3) is 0. The summed E-state index contributed by atoms with van der Waals surface area (Å²) in [5.74, 6) is 0. The van der Waals surface area contributed by atoms with Crippen molar-refractivity contribution in [1.29, 1.82) is 0 Å². The van der Waals surface area contributed by atoms with Crippen LogP contribution in [0.3, 0.4) is 0 Å².